The maximum absolute atomic E-state index is 11.8. The van der Waals surface area contributed by atoms with E-state index >= 15 is 0 Å². The number of alkyl halides is 3. The van der Waals surface area contributed by atoms with Gasteiger partial charge in [0.05, 0.1) is 13.0 Å². The highest BCUT2D eigenvalue weighted by Crippen LogP contribution is 2.25. The molecule has 8 heteroatoms. The molecule has 1 rings (SSSR count). The second kappa shape index (κ2) is 4.77. The van der Waals surface area contributed by atoms with Gasteiger partial charge in [0.15, 0.2) is 0 Å². The van der Waals surface area contributed by atoms with Crippen molar-refractivity contribution in [3.8, 4) is 5.75 Å². The number of aromatic nitrogens is 1. The summed E-state index contributed by atoms with van der Waals surface area (Å²) in [6, 6.07) is 2.54. The molecule has 1 aromatic heterocycles. The third-order valence-electron chi connectivity index (χ3n) is 1.57. The van der Waals surface area contributed by atoms with Gasteiger partial charge < -0.3 is 14.9 Å². The highest BCUT2D eigenvalue weighted by molar-refractivity contribution is 5.38. The van der Waals surface area contributed by atoms with Crippen LogP contribution >= 0.6 is 0 Å². The first kappa shape index (κ1) is 12.2. The topological polar surface area (TPSA) is 65.3 Å². The largest absolute Gasteiger partial charge is 0.485 e. The minimum absolute atomic E-state index is 0.267. The number of nitrogens with zero attached hydrogens (tertiary/aromatic N) is 2. The average Bonchev–Trinajstić information content (AvgIpc) is 2.16. The lowest BCUT2D eigenvalue weighted by atomic mass is 10.4. The van der Waals surface area contributed by atoms with E-state index in [1.165, 1.54) is 12.1 Å². The first-order valence-electron chi connectivity index (χ1n) is 4.19. The summed E-state index contributed by atoms with van der Waals surface area (Å²) in [6.45, 7) is -0.671. The van der Waals surface area contributed by atoms with E-state index in [1.54, 1.807) is 0 Å². The van der Waals surface area contributed by atoms with Crippen LogP contribution in [-0.4, -0.2) is 22.7 Å². The first-order valence-corrected chi connectivity index (χ1v) is 4.19. The predicted octanol–water partition coefficient (Wildman–Crippen LogP) is 2.32. The van der Waals surface area contributed by atoms with Gasteiger partial charge in [-0.15, -0.1) is 0 Å². The molecule has 0 aliphatic rings. The number of pyridine rings is 1. The highest BCUT2D eigenvalue weighted by atomic mass is 19.4. The number of ether oxygens (including phenoxy) is 1. The molecule has 0 amide bonds. The van der Waals surface area contributed by atoms with Crippen LogP contribution in [0.25, 0.3) is 0 Å². The van der Waals surface area contributed by atoms with E-state index in [2.05, 4.69) is 9.72 Å². The molecule has 88 valence electrons. The lowest BCUT2D eigenvalue weighted by molar-refractivity contribution is -0.390. The minimum atomic E-state index is -4.35. The molecule has 0 radical (unpaired) electrons. The fraction of sp³-hybridized carbons (Fsp3) is 0.375. The van der Waals surface area contributed by atoms with Crippen LogP contribution in [0, 0.1) is 10.1 Å². The number of halogens is 3. The van der Waals surface area contributed by atoms with Gasteiger partial charge in [0.1, 0.15) is 6.20 Å². The molecule has 5 nitrogen and oxygen atoms in total. The van der Waals surface area contributed by atoms with Crippen LogP contribution in [0.2, 0.25) is 0 Å². The van der Waals surface area contributed by atoms with E-state index in [4.69, 9.17) is 0 Å². The third-order valence-corrected chi connectivity index (χ3v) is 1.57. The van der Waals surface area contributed by atoms with Crippen molar-refractivity contribution in [3.05, 3.63) is 28.4 Å². The monoisotopic (exact) mass is 236 g/mol. The molecule has 0 aliphatic heterocycles. The van der Waals surface area contributed by atoms with Crippen LogP contribution < -0.4 is 4.74 Å². The van der Waals surface area contributed by atoms with Crippen LogP contribution in [-0.2, 0) is 0 Å². The van der Waals surface area contributed by atoms with Crippen molar-refractivity contribution in [2.24, 2.45) is 0 Å². The van der Waals surface area contributed by atoms with E-state index in [-0.39, 0.29) is 5.75 Å². The summed E-state index contributed by atoms with van der Waals surface area (Å²) >= 11 is 0. The van der Waals surface area contributed by atoms with Gasteiger partial charge in [0.2, 0.25) is 5.75 Å². The third kappa shape index (κ3) is 3.71. The minimum Gasteiger partial charge on any atom is -0.485 e. The quantitative estimate of drug-likeness (QED) is 0.594. The standard InChI is InChI=1S/C8H7F3N2O3/c9-8(10,11)3-5-16-6-2-1-4-12-7(6)13(14)15/h1-2,4H,3,5H2. The number of rotatable bonds is 4. The van der Waals surface area contributed by atoms with Gasteiger partial charge in [-0.25, -0.2) is 0 Å². The summed E-state index contributed by atoms with van der Waals surface area (Å²) in [5.41, 5.74) is 0. The molecule has 0 atom stereocenters. The van der Waals surface area contributed by atoms with Gasteiger partial charge in [-0.3, -0.25) is 0 Å². The summed E-state index contributed by atoms with van der Waals surface area (Å²) in [6.07, 6.45) is -4.36. The summed E-state index contributed by atoms with van der Waals surface area (Å²) in [7, 11) is 0. The molecule has 0 aliphatic carbocycles. The van der Waals surface area contributed by atoms with Crippen LogP contribution in [0.1, 0.15) is 6.42 Å². The Morgan fingerprint density at radius 3 is 2.75 bits per heavy atom. The first-order chi connectivity index (χ1) is 7.40. The summed E-state index contributed by atoms with van der Waals surface area (Å²) in [4.78, 5) is 13.0. The number of hydrogen-bond donors (Lipinski definition) is 0. The zero-order valence-electron chi connectivity index (χ0n) is 7.90. The van der Waals surface area contributed by atoms with Crippen molar-refractivity contribution in [1.29, 1.82) is 0 Å². The molecule has 0 saturated carbocycles. The lowest BCUT2D eigenvalue weighted by Gasteiger charge is -2.07. The molecule has 0 aromatic carbocycles. The zero-order chi connectivity index (χ0) is 12.2. The second-order valence-electron chi connectivity index (χ2n) is 2.80. The lowest BCUT2D eigenvalue weighted by Crippen LogP contribution is -2.13. The average molecular weight is 236 g/mol. The van der Waals surface area contributed by atoms with Crippen LogP contribution in [0.5, 0.6) is 5.75 Å². The Morgan fingerprint density at radius 1 is 1.50 bits per heavy atom. The van der Waals surface area contributed by atoms with Gasteiger partial charge >= 0.3 is 12.0 Å². The Hall–Kier alpha value is -1.86. The smallest absolute Gasteiger partial charge is 0.406 e. The maximum atomic E-state index is 11.8. The Bertz CT molecular complexity index is 381. The molecule has 0 unspecified atom stereocenters. The Morgan fingerprint density at radius 2 is 2.19 bits per heavy atom. The van der Waals surface area contributed by atoms with Gasteiger partial charge in [0, 0.05) is 0 Å². The number of nitro groups is 1. The van der Waals surface area contributed by atoms with Crippen molar-refractivity contribution in [2.45, 2.75) is 12.6 Å². The SMILES string of the molecule is O=[N+]([O-])c1ncccc1OCCC(F)(F)F. The van der Waals surface area contributed by atoms with Crippen molar-refractivity contribution in [3.63, 3.8) is 0 Å². The Labute approximate surface area is 88.0 Å². The molecular formula is C8H7F3N2O3. The Kier molecular flexibility index (Phi) is 3.64. The molecule has 1 heterocycles. The van der Waals surface area contributed by atoms with Crippen molar-refractivity contribution in [1.82, 2.24) is 4.98 Å². The fourth-order valence-corrected chi connectivity index (χ4v) is 0.909. The van der Waals surface area contributed by atoms with Crippen LogP contribution in [0.15, 0.2) is 18.3 Å². The van der Waals surface area contributed by atoms with Gasteiger partial charge in [-0.05, 0) is 22.0 Å². The van der Waals surface area contributed by atoms with Crippen LogP contribution in [0.4, 0.5) is 19.0 Å². The molecule has 0 fully saturated rings. The molecule has 0 saturated heterocycles. The molecule has 0 N–H and O–H groups in total. The number of hydrogen-bond acceptors (Lipinski definition) is 4. The summed E-state index contributed by atoms with van der Waals surface area (Å²) in [5, 5.41) is 10.4. The predicted molar refractivity (Wildman–Crippen MR) is 47.1 cm³/mol. The van der Waals surface area contributed by atoms with E-state index in [9.17, 15) is 23.3 Å². The zero-order valence-corrected chi connectivity index (χ0v) is 7.90. The second-order valence-corrected chi connectivity index (χ2v) is 2.80. The van der Waals surface area contributed by atoms with Crippen molar-refractivity contribution < 1.29 is 22.8 Å². The fourth-order valence-electron chi connectivity index (χ4n) is 0.909. The van der Waals surface area contributed by atoms with E-state index in [1.807, 2.05) is 0 Å². The normalized spacial score (nSPS) is 11.2. The van der Waals surface area contributed by atoms with E-state index in [0.29, 0.717) is 0 Å². The molecule has 0 bridgehead atoms. The maximum Gasteiger partial charge on any atom is 0.406 e. The molecule has 0 spiro atoms. The Balaban J connectivity index is 2.64. The van der Waals surface area contributed by atoms with Crippen molar-refractivity contribution in [2.75, 3.05) is 6.61 Å². The van der Waals surface area contributed by atoms with Gasteiger partial charge in [0.25, 0.3) is 0 Å². The van der Waals surface area contributed by atoms with E-state index < -0.39 is 29.9 Å². The van der Waals surface area contributed by atoms with Gasteiger partial charge in [-0.2, -0.15) is 13.2 Å². The van der Waals surface area contributed by atoms with Crippen LogP contribution in [0.3, 0.4) is 0 Å². The molecular weight excluding hydrogens is 229 g/mol. The summed E-state index contributed by atoms with van der Waals surface area (Å²) < 4.78 is 40.0. The molecule has 16 heavy (non-hydrogen) atoms. The molecule has 1 aromatic rings. The van der Waals surface area contributed by atoms with Gasteiger partial charge in [-0.1, -0.05) is 0 Å². The summed E-state index contributed by atoms with van der Waals surface area (Å²) in [5.74, 6) is -0.860. The van der Waals surface area contributed by atoms with Crippen molar-refractivity contribution >= 4 is 5.82 Å². The van der Waals surface area contributed by atoms with E-state index in [0.717, 1.165) is 6.20 Å². The highest BCUT2D eigenvalue weighted by Gasteiger charge is 2.27.